The molecule has 0 bridgehead atoms. The summed E-state index contributed by atoms with van der Waals surface area (Å²) in [6.07, 6.45) is 6.49. The summed E-state index contributed by atoms with van der Waals surface area (Å²) < 4.78 is 6.49. The number of phenolic OH excluding ortho intramolecular Hbond substituents is 5. The SMILES string of the molecule is Oc1c(O)c(O)c(-c2c3ccccc3c(-c3ccc4oc5c(c4c3-c3ccc(-c4ccccc4)cc3)C3=C[C@H]3C=C5)c3ccccc23)c(O)c1O. The standard InChI is InChI=1S/C45H28O6/c46-41-40(42(47)44(49)45(50)43(41)48)37-29-12-6-4-10-27(29)36(28-11-5-7-13-30(28)37)31-19-21-34-39(38-32-22-26(32)18-20-33(38)51-34)35(31)25-16-14-24(15-17-25)23-8-2-1-3-9-23/h1-22,26,46-50H/t26-/m1/s1. The van der Waals surface area contributed by atoms with E-state index in [0.29, 0.717) is 22.3 Å². The van der Waals surface area contributed by atoms with E-state index < -0.39 is 28.7 Å². The highest BCUT2D eigenvalue weighted by atomic mass is 16.4. The van der Waals surface area contributed by atoms with Crippen LogP contribution in [0.4, 0.5) is 0 Å². The third-order valence-corrected chi connectivity index (χ3v) is 10.3. The number of aromatic hydroxyl groups is 5. The highest BCUT2D eigenvalue weighted by Gasteiger charge is 2.35. The second-order valence-electron chi connectivity index (χ2n) is 13.1. The summed E-state index contributed by atoms with van der Waals surface area (Å²) in [5.41, 5.74) is 9.55. The van der Waals surface area contributed by atoms with Crippen LogP contribution in [0.3, 0.4) is 0 Å². The first-order chi connectivity index (χ1) is 24.9. The van der Waals surface area contributed by atoms with Crippen molar-refractivity contribution in [2.45, 2.75) is 0 Å². The summed E-state index contributed by atoms with van der Waals surface area (Å²) in [7, 11) is 0. The Morgan fingerprint density at radius 1 is 0.431 bits per heavy atom. The summed E-state index contributed by atoms with van der Waals surface area (Å²) in [4.78, 5) is 0. The topological polar surface area (TPSA) is 114 Å². The van der Waals surface area contributed by atoms with Crippen LogP contribution in [-0.4, -0.2) is 25.5 Å². The van der Waals surface area contributed by atoms with E-state index in [1.165, 1.54) is 5.57 Å². The second kappa shape index (κ2) is 10.5. The molecule has 0 unspecified atom stereocenters. The fourth-order valence-corrected chi connectivity index (χ4v) is 7.94. The minimum absolute atomic E-state index is 0.184. The summed E-state index contributed by atoms with van der Waals surface area (Å²) in [6, 6.07) is 38.4. The lowest BCUT2D eigenvalue weighted by Gasteiger charge is -2.21. The zero-order valence-corrected chi connectivity index (χ0v) is 26.9. The van der Waals surface area contributed by atoms with Crippen LogP contribution in [0.25, 0.3) is 88.7 Å². The first-order valence-corrected chi connectivity index (χ1v) is 16.7. The lowest BCUT2D eigenvalue weighted by Crippen LogP contribution is -1.95. The quantitative estimate of drug-likeness (QED) is 0.0727. The normalized spacial score (nSPS) is 14.5. The molecule has 0 radical (unpaired) electrons. The van der Waals surface area contributed by atoms with E-state index in [4.69, 9.17) is 4.42 Å². The van der Waals surface area contributed by atoms with Gasteiger partial charge in [-0.05, 0) is 73.1 Å². The van der Waals surface area contributed by atoms with Gasteiger partial charge in [-0.2, -0.15) is 0 Å². The van der Waals surface area contributed by atoms with Crippen LogP contribution in [0.5, 0.6) is 28.7 Å². The number of hydrogen-bond acceptors (Lipinski definition) is 6. The van der Waals surface area contributed by atoms with E-state index in [-0.39, 0.29) is 5.56 Å². The van der Waals surface area contributed by atoms with Crippen LogP contribution >= 0.6 is 0 Å². The molecule has 244 valence electrons. The molecule has 0 fully saturated rings. The van der Waals surface area contributed by atoms with Crippen molar-refractivity contribution in [3.8, 4) is 73.3 Å². The number of furan rings is 1. The minimum atomic E-state index is -0.999. The summed E-state index contributed by atoms with van der Waals surface area (Å²) in [5.74, 6) is -3.18. The Morgan fingerprint density at radius 3 is 1.59 bits per heavy atom. The van der Waals surface area contributed by atoms with Gasteiger partial charge in [-0.1, -0.05) is 115 Å². The molecule has 2 aliphatic rings. The van der Waals surface area contributed by atoms with Gasteiger partial charge >= 0.3 is 0 Å². The molecule has 10 rings (SSSR count). The van der Waals surface area contributed by atoms with Crippen molar-refractivity contribution >= 4 is 44.2 Å². The lowest BCUT2D eigenvalue weighted by molar-refractivity contribution is 0.330. The van der Waals surface area contributed by atoms with Gasteiger partial charge in [0.15, 0.2) is 11.5 Å². The smallest absolute Gasteiger partial charge is 0.208 e. The maximum atomic E-state index is 11.2. The number of rotatable bonds is 4. The van der Waals surface area contributed by atoms with Gasteiger partial charge in [0.25, 0.3) is 0 Å². The lowest BCUT2D eigenvalue weighted by atomic mass is 9.81. The fraction of sp³-hybridized carbons (Fsp3) is 0.0222. The Balaban J connectivity index is 1.33. The maximum Gasteiger partial charge on any atom is 0.208 e. The van der Waals surface area contributed by atoms with Crippen molar-refractivity contribution < 1.29 is 29.9 Å². The molecule has 0 spiro atoms. The molecule has 5 N–H and O–H groups in total. The molecule has 0 saturated carbocycles. The number of benzene rings is 7. The van der Waals surface area contributed by atoms with Crippen LogP contribution in [0, 0.1) is 5.92 Å². The number of fused-ring (bicyclic) bond motifs is 7. The van der Waals surface area contributed by atoms with Gasteiger partial charge < -0.3 is 29.9 Å². The van der Waals surface area contributed by atoms with Gasteiger partial charge in [0, 0.05) is 28.0 Å². The van der Waals surface area contributed by atoms with Gasteiger partial charge in [0.2, 0.25) is 17.2 Å². The monoisotopic (exact) mass is 664 g/mol. The molecule has 1 aromatic heterocycles. The van der Waals surface area contributed by atoms with E-state index in [1.807, 2.05) is 72.8 Å². The molecule has 0 aliphatic heterocycles. The highest BCUT2D eigenvalue weighted by Crippen LogP contribution is 2.59. The number of hydrogen-bond donors (Lipinski definition) is 5. The fourth-order valence-electron chi connectivity index (χ4n) is 7.94. The Bertz CT molecular complexity index is 2750. The van der Waals surface area contributed by atoms with Crippen LogP contribution in [0.1, 0.15) is 11.3 Å². The predicted octanol–water partition coefficient (Wildman–Crippen LogP) is 11.0. The average Bonchev–Trinajstić information content (AvgIpc) is 3.87. The van der Waals surface area contributed by atoms with E-state index in [1.54, 1.807) is 0 Å². The van der Waals surface area contributed by atoms with Crippen LogP contribution < -0.4 is 0 Å². The molecule has 0 amide bonds. The van der Waals surface area contributed by atoms with Crippen molar-refractivity contribution in [1.82, 2.24) is 0 Å². The number of allylic oxidation sites excluding steroid dienone is 3. The summed E-state index contributed by atoms with van der Waals surface area (Å²) in [5, 5.41) is 57.8. The predicted molar refractivity (Wildman–Crippen MR) is 202 cm³/mol. The Labute approximate surface area is 291 Å². The van der Waals surface area contributed by atoms with Crippen molar-refractivity contribution in [2.24, 2.45) is 5.92 Å². The molecule has 7 aromatic carbocycles. The third kappa shape index (κ3) is 4.10. The van der Waals surface area contributed by atoms with Crippen molar-refractivity contribution in [2.75, 3.05) is 0 Å². The van der Waals surface area contributed by atoms with E-state index in [2.05, 4.69) is 60.7 Å². The Hall–Kier alpha value is -6.92. The van der Waals surface area contributed by atoms with E-state index in [0.717, 1.165) is 66.4 Å². The molecule has 8 aromatic rings. The van der Waals surface area contributed by atoms with Gasteiger partial charge in [0.05, 0.1) is 5.56 Å². The van der Waals surface area contributed by atoms with E-state index in [9.17, 15) is 25.5 Å². The molecule has 6 heteroatoms. The van der Waals surface area contributed by atoms with Crippen LogP contribution in [-0.2, 0) is 0 Å². The molecular formula is C45H28O6. The van der Waals surface area contributed by atoms with Crippen LogP contribution in [0.2, 0.25) is 0 Å². The molecule has 51 heavy (non-hydrogen) atoms. The summed E-state index contributed by atoms with van der Waals surface area (Å²) in [6.45, 7) is 0. The minimum Gasteiger partial charge on any atom is -0.504 e. The van der Waals surface area contributed by atoms with Crippen molar-refractivity contribution in [1.29, 1.82) is 0 Å². The number of phenols is 5. The molecule has 1 atom stereocenters. The van der Waals surface area contributed by atoms with Crippen molar-refractivity contribution in [3.05, 3.63) is 139 Å². The maximum absolute atomic E-state index is 11.2. The molecule has 1 heterocycles. The van der Waals surface area contributed by atoms with Gasteiger partial charge in [-0.15, -0.1) is 0 Å². The van der Waals surface area contributed by atoms with Gasteiger partial charge in [0.1, 0.15) is 11.3 Å². The highest BCUT2D eigenvalue weighted by molar-refractivity contribution is 6.25. The largest absolute Gasteiger partial charge is 0.504 e. The Kier molecular flexibility index (Phi) is 6.00. The zero-order chi connectivity index (χ0) is 34.5. The molecule has 0 saturated heterocycles. The van der Waals surface area contributed by atoms with Crippen molar-refractivity contribution in [3.63, 3.8) is 0 Å². The average molecular weight is 665 g/mol. The first kappa shape index (κ1) is 29.0. The Morgan fingerprint density at radius 2 is 0.961 bits per heavy atom. The molecular weight excluding hydrogens is 636 g/mol. The van der Waals surface area contributed by atoms with E-state index >= 15 is 0 Å². The second-order valence-corrected chi connectivity index (χ2v) is 13.1. The zero-order valence-electron chi connectivity index (χ0n) is 26.9. The molecule has 6 nitrogen and oxygen atoms in total. The van der Waals surface area contributed by atoms with Gasteiger partial charge in [-0.3, -0.25) is 0 Å². The first-order valence-electron chi connectivity index (χ1n) is 16.7. The summed E-state index contributed by atoms with van der Waals surface area (Å²) >= 11 is 0. The van der Waals surface area contributed by atoms with Crippen LogP contribution in [0.15, 0.2) is 132 Å². The van der Waals surface area contributed by atoms with Gasteiger partial charge in [-0.25, -0.2) is 0 Å². The molecule has 2 aliphatic carbocycles. The third-order valence-electron chi connectivity index (χ3n) is 10.3.